The highest BCUT2D eigenvalue weighted by molar-refractivity contribution is 7.91. The van der Waals surface area contributed by atoms with Crippen molar-refractivity contribution < 1.29 is 26.4 Å². The monoisotopic (exact) mass is 443 g/mol. The van der Waals surface area contributed by atoms with Crippen LogP contribution in [0.15, 0.2) is 23.1 Å². The van der Waals surface area contributed by atoms with Crippen LogP contribution in [0.25, 0.3) is 0 Å². The van der Waals surface area contributed by atoms with Crippen molar-refractivity contribution in [2.24, 2.45) is 0 Å². The highest BCUT2D eigenvalue weighted by Gasteiger charge is 2.33. The summed E-state index contributed by atoms with van der Waals surface area (Å²) in [6, 6.07) is 3.98. The first-order chi connectivity index (χ1) is 13.5. The molecule has 0 aliphatic carbocycles. The number of sulfonamides is 1. The van der Waals surface area contributed by atoms with Crippen LogP contribution in [-0.2, 0) is 24.7 Å². The predicted molar refractivity (Wildman–Crippen MR) is 110 cm³/mol. The molecular formula is C18H25N3O6S2. The van der Waals surface area contributed by atoms with E-state index in [-0.39, 0.29) is 47.0 Å². The summed E-state index contributed by atoms with van der Waals surface area (Å²) in [7, 11) is -2.75. The topological polar surface area (TPSA) is 113 Å². The molecule has 1 heterocycles. The number of nitrogens with zero attached hydrogens (tertiary/aromatic N) is 2. The highest BCUT2D eigenvalue weighted by Crippen LogP contribution is 2.29. The minimum absolute atomic E-state index is 0.0320. The molecule has 0 saturated carbocycles. The smallest absolute Gasteiger partial charge is 0.246 e. The molecule has 0 spiro atoms. The second-order valence-electron chi connectivity index (χ2n) is 6.87. The fourth-order valence-electron chi connectivity index (χ4n) is 3.03. The third-order valence-electron chi connectivity index (χ3n) is 4.57. The van der Waals surface area contributed by atoms with E-state index in [0.29, 0.717) is 6.42 Å². The molecule has 1 saturated heterocycles. The van der Waals surface area contributed by atoms with Gasteiger partial charge in [-0.15, -0.1) is 6.42 Å². The fourth-order valence-corrected chi connectivity index (χ4v) is 5.87. The third-order valence-corrected chi connectivity index (χ3v) is 8.16. The molecule has 1 amide bonds. The van der Waals surface area contributed by atoms with Gasteiger partial charge in [0.15, 0.2) is 9.84 Å². The number of anilines is 1. The molecule has 2 rings (SSSR count). The second-order valence-corrected chi connectivity index (χ2v) is 11.2. The van der Waals surface area contributed by atoms with Crippen LogP contribution in [0.3, 0.4) is 0 Å². The third kappa shape index (κ3) is 5.70. The van der Waals surface area contributed by atoms with Crippen LogP contribution in [-0.4, -0.2) is 83.8 Å². The summed E-state index contributed by atoms with van der Waals surface area (Å²) in [5, 5.41) is 2.64. The van der Waals surface area contributed by atoms with Crippen LogP contribution < -0.4 is 10.1 Å². The average molecular weight is 444 g/mol. The molecule has 1 unspecified atom stereocenters. The lowest BCUT2D eigenvalue weighted by Gasteiger charge is -2.25. The van der Waals surface area contributed by atoms with Gasteiger partial charge in [-0.3, -0.25) is 9.69 Å². The van der Waals surface area contributed by atoms with Crippen LogP contribution in [0.5, 0.6) is 5.75 Å². The first kappa shape index (κ1) is 23.2. The maximum absolute atomic E-state index is 12.5. The number of sulfone groups is 1. The number of rotatable bonds is 8. The van der Waals surface area contributed by atoms with E-state index in [0.717, 1.165) is 4.31 Å². The molecule has 0 radical (unpaired) electrons. The standard InChI is InChI=1S/C18H25N3O6S2/c1-5-9-21(15-8-10-28(23,24)13-15)12-18(22)19-14-6-7-16(27-4)17(11-14)29(25,26)20(2)3/h1,6-7,11,15H,8-10,12-13H2,2-4H3,(H,19,22). The van der Waals surface area contributed by atoms with Crippen molar-refractivity contribution in [3.63, 3.8) is 0 Å². The Morgan fingerprint density at radius 2 is 2.07 bits per heavy atom. The number of amides is 1. The van der Waals surface area contributed by atoms with Crippen LogP contribution in [0.2, 0.25) is 0 Å². The molecule has 1 aliphatic heterocycles. The number of methoxy groups -OCH3 is 1. The average Bonchev–Trinajstić information content (AvgIpc) is 3.01. The van der Waals surface area contributed by atoms with Gasteiger partial charge >= 0.3 is 0 Å². The molecule has 29 heavy (non-hydrogen) atoms. The van der Waals surface area contributed by atoms with E-state index >= 15 is 0 Å². The number of carbonyl (C=O) groups excluding carboxylic acids is 1. The molecular weight excluding hydrogens is 418 g/mol. The molecule has 9 nitrogen and oxygen atoms in total. The normalized spacial score (nSPS) is 18.6. The number of carbonyl (C=O) groups is 1. The summed E-state index contributed by atoms with van der Waals surface area (Å²) in [6.07, 6.45) is 5.78. The van der Waals surface area contributed by atoms with Gasteiger partial charge in [0.2, 0.25) is 15.9 Å². The zero-order valence-corrected chi connectivity index (χ0v) is 18.2. The van der Waals surface area contributed by atoms with E-state index in [1.807, 2.05) is 0 Å². The Hall–Kier alpha value is -2.13. The van der Waals surface area contributed by atoms with Crippen LogP contribution in [0, 0.1) is 12.3 Å². The lowest BCUT2D eigenvalue weighted by molar-refractivity contribution is -0.117. The van der Waals surface area contributed by atoms with Gasteiger partial charge in [0.25, 0.3) is 0 Å². The van der Waals surface area contributed by atoms with Crippen molar-refractivity contribution in [3.05, 3.63) is 18.2 Å². The van der Waals surface area contributed by atoms with Gasteiger partial charge in [0.1, 0.15) is 10.6 Å². The molecule has 1 aliphatic rings. The fraction of sp³-hybridized carbons (Fsp3) is 0.500. The van der Waals surface area contributed by atoms with Gasteiger partial charge in [0.05, 0.1) is 31.7 Å². The SMILES string of the molecule is C#CCN(CC(=O)Nc1ccc(OC)c(S(=O)(=O)N(C)C)c1)C1CCS(=O)(=O)C1. The first-order valence-corrected chi connectivity index (χ1v) is 12.0. The zero-order chi connectivity index (χ0) is 21.8. The summed E-state index contributed by atoms with van der Waals surface area (Å²) in [6.45, 7) is 0.0304. The van der Waals surface area contributed by atoms with Crippen molar-refractivity contribution >= 4 is 31.5 Å². The van der Waals surface area contributed by atoms with E-state index in [9.17, 15) is 21.6 Å². The van der Waals surface area contributed by atoms with Crippen molar-refractivity contribution in [2.75, 3.05) is 51.1 Å². The van der Waals surface area contributed by atoms with E-state index in [2.05, 4.69) is 11.2 Å². The molecule has 1 atom stereocenters. The molecule has 160 valence electrons. The number of ether oxygens (including phenoxy) is 1. The number of hydrogen-bond acceptors (Lipinski definition) is 7. The second kappa shape index (κ2) is 9.13. The number of hydrogen-bond donors (Lipinski definition) is 1. The lowest BCUT2D eigenvalue weighted by Crippen LogP contribution is -2.41. The van der Waals surface area contributed by atoms with Crippen molar-refractivity contribution in [3.8, 4) is 18.1 Å². The van der Waals surface area contributed by atoms with E-state index in [1.54, 1.807) is 4.90 Å². The number of terminal acetylenes is 1. The van der Waals surface area contributed by atoms with Crippen LogP contribution >= 0.6 is 0 Å². The van der Waals surface area contributed by atoms with Crippen LogP contribution in [0.1, 0.15) is 6.42 Å². The quantitative estimate of drug-likeness (QED) is 0.563. The summed E-state index contributed by atoms with van der Waals surface area (Å²) in [4.78, 5) is 14.1. The lowest BCUT2D eigenvalue weighted by atomic mass is 10.2. The maximum Gasteiger partial charge on any atom is 0.246 e. The summed E-state index contributed by atoms with van der Waals surface area (Å²) >= 11 is 0. The van der Waals surface area contributed by atoms with Gasteiger partial charge < -0.3 is 10.1 Å². The van der Waals surface area contributed by atoms with Crippen molar-refractivity contribution in [2.45, 2.75) is 17.4 Å². The van der Waals surface area contributed by atoms with Crippen molar-refractivity contribution in [1.29, 1.82) is 0 Å². The van der Waals surface area contributed by atoms with E-state index in [4.69, 9.17) is 11.2 Å². The Morgan fingerprint density at radius 1 is 1.38 bits per heavy atom. The zero-order valence-electron chi connectivity index (χ0n) is 16.6. The molecule has 11 heteroatoms. The summed E-state index contributed by atoms with van der Waals surface area (Å²) in [5.41, 5.74) is 0.274. The molecule has 1 fully saturated rings. The Bertz CT molecular complexity index is 1010. The Kier molecular flexibility index (Phi) is 7.29. The van der Waals surface area contributed by atoms with Crippen molar-refractivity contribution in [1.82, 2.24) is 9.21 Å². The number of nitrogens with one attached hydrogen (secondary N) is 1. The molecule has 0 aromatic heterocycles. The Balaban J connectivity index is 2.18. The Morgan fingerprint density at radius 3 is 2.59 bits per heavy atom. The molecule has 0 bridgehead atoms. The van der Waals surface area contributed by atoms with E-state index < -0.39 is 25.8 Å². The van der Waals surface area contributed by atoms with Gasteiger partial charge in [-0.25, -0.2) is 21.1 Å². The minimum Gasteiger partial charge on any atom is -0.495 e. The van der Waals surface area contributed by atoms with Gasteiger partial charge in [-0.05, 0) is 24.6 Å². The van der Waals surface area contributed by atoms with Gasteiger partial charge in [0, 0.05) is 25.8 Å². The first-order valence-electron chi connectivity index (χ1n) is 8.78. The van der Waals surface area contributed by atoms with Crippen LogP contribution in [0.4, 0.5) is 5.69 Å². The molecule has 1 aromatic rings. The van der Waals surface area contributed by atoms with Gasteiger partial charge in [-0.1, -0.05) is 5.92 Å². The summed E-state index contributed by atoms with van der Waals surface area (Å²) in [5.74, 6) is 2.22. The maximum atomic E-state index is 12.5. The Labute approximate surface area is 172 Å². The molecule has 1 N–H and O–H groups in total. The number of benzene rings is 1. The largest absolute Gasteiger partial charge is 0.495 e. The minimum atomic E-state index is -3.78. The predicted octanol–water partition coefficient (Wildman–Crippen LogP) is 0.00630. The van der Waals surface area contributed by atoms with E-state index in [1.165, 1.54) is 39.4 Å². The highest BCUT2D eigenvalue weighted by atomic mass is 32.2. The van der Waals surface area contributed by atoms with Gasteiger partial charge in [-0.2, -0.15) is 0 Å². The summed E-state index contributed by atoms with van der Waals surface area (Å²) < 4.78 is 54.6. The molecule has 1 aromatic carbocycles.